The van der Waals surface area contributed by atoms with E-state index in [0.717, 1.165) is 5.56 Å². The van der Waals surface area contributed by atoms with Gasteiger partial charge in [0.05, 0.1) is 0 Å². The highest BCUT2D eigenvalue weighted by Gasteiger charge is 2.21. The molecule has 1 amide bonds. The minimum Gasteiger partial charge on any atom is -0.325 e. The van der Waals surface area contributed by atoms with Crippen LogP contribution in [0.2, 0.25) is 0 Å². The van der Waals surface area contributed by atoms with E-state index in [4.69, 9.17) is 0 Å². The summed E-state index contributed by atoms with van der Waals surface area (Å²) < 4.78 is 24.0. The quantitative estimate of drug-likeness (QED) is 0.823. The van der Waals surface area contributed by atoms with Crippen LogP contribution in [0.5, 0.6) is 0 Å². The van der Waals surface area contributed by atoms with Gasteiger partial charge in [0.25, 0.3) is 0 Å². The van der Waals surface area contributed by atoms with Crippen molar-refractivity contribution in [3.05, 3.63) is 65.7 Å². The molecule has 2 aromatic carbocycles. The first kappa shape index (κ1) is 16.9. The molecule has 0 bridgehead atoms. The van der Waals surface area contributed by atoms with Crippen LogP contribution in [0.15, 0.2) is 54.6 Å². The monoisotopic (exact) mass is 331 g/mol. The average Bonchev–Trinajstić information content (AvgIpc) is 2.49. The van der Waals surface area contributed by atoms with E-state index in [1.807, 2.05) is 19.1 Å². The lowest BCUT2D eigenvalue weighted by Gasteiger charge is -2.06. The number of ketones is 1. The maximum Gasteiger partial charge on any atom is 0.239 e. The van der Waals surface area contributed by atoms with Crippen LogP contribution in [-0.2, 0) is 14.6 Å². The Morgan fingerprint density at radius 3 is 2.13 bits per heavy atom. The van der Waals surface area contributed by atoms with Crippen LogP contribution < -0.4 is 5.32 Å². The predicted octanol–water partition coefficient (Wildman–Crippen LogP) is 2.23. The SMILES string of the molecule is Cc1ccc(NC(=O)CS(=O)(=O)CC(=O)c2ccccc2)cc1. The summed E-state index contributed by atoms with van der Waals surface area (Å²) in [7, 11) is -3.82. The number of sulfone groups is 1. The molecule has 0 radical (unpaired) electrons. The van der Waals surface area contributed by atoms with Gasteiger partial charge in [-0.25, -0.2) is 8.42 Å². The molecule has 0 unspecified atom stereocenters. The van der Waals surface area contributed by atoms with Crippen molar-refractivity contribution in [1.29, 1.82) is 0 Å². The Morgan fingerprint density at radius 2 is 1.52 bits per heavy atom. The zero-order valence-electron chi connectivity index (χ0n) is 12.7. The topological polar surface area (TPSA) is 80.3 Å². The first-order valence-electron chi connectivity index (χ1n) is 7.01. The maximum atomic E-state index is 12.0. The van der Waals surface area contributed by atoms with E-state index in [1.165, 1.54) is 0 Å². The summed E-state index contributed by atoms with van der Waals surface area (Å²) in [5.74, 6) is -2.58. The number of aryl methyl sites for hydroxylation is 1. The Morgan fingerprint density at radius 1 is 0.913 bits per heavy atom. The van der Waals surface area contributed by atoms with Gasteiger partial charge in [0.15, 0.2) is 15.6 Å². The van der Waals surface area contributed by atoms with Crippen molar-refractivity contribution in [2.75, 3.05) is 16.8 Å². The number of carbonyl (C=O) groups is 2. The third-order valence-electron chi connectivity index (χ3n) is 3.13. The largest absolute Gasteiger partial charge is 0.325 e. The van der Waals surface area contributed by atoms with Crippen LogP contribution in [-0.4, -0.2) is 31.6 Å². The Balaban J connectivity index is 1.96. The zero-order chi connectivity index (χ0) is 16.9. The lowest BCUT2D eigenvalue weighted by Crippen LogP contribution is -2.27. The molecular formula is C17H17NO4S. The number of amides is 1. The molecule has 0 aromatic heterocycles. The van der Waals surface area contributed by atoms with Crippen LogP contribution in [0.25, 0.3) is 0 Å². The second-order valence-electron chi connectivity index (χ2n) is 5.24. The number of Topliss-reactive ketones (excluding diaryl/α,β-unsaturated/α-hetero) is 1. The number of hydrogen-bond donors (Lipinski definition) is 1. The van der Waals surface area contributed by atoms with Crippen LogP contribution in [0.1, 0.15) is 15.9 Å². The van der Waals surface area contributed by atoms with Crippen LogP contribution in [0, 0.1) is 6.92 Å². The fraction of sp³-hybridized carbons (Fsp3) is 0.176. The van der Waals surface area contributed by atoms with E-state index in [-0.39, 0.29) is 0 Å². The van der Waals surface area contributed by atoms with E-state index >= 15 is 0 Å². The predicted molar refractivity (Wildman–Crippen MR) is 89.2 cm³/mol. The summed E-state index contributed by atoms with van der Waals surface area (Å²) in [5.41, 5.74) is 1.87. The molecule has 0 aliphatic heterocycles. The van der Waals surface area contributed by atoms with E-state index in [1.54, 1.807) is 42.5 Å². The molecular weight excluding hydrogens is 314 g/mol. The summed E-state index contributed by atoms with van der Waals surface area (Å²) in [5, 5.41) is 2.51. The summed E-state index contributed by atoms with van der Waals surface area (Å²) in [6.07, 6.45) is 0. The van der Waals surface area contributed by atoms with Gasteiger partial charge in [0.2, 0.25) is 5.91 Å². The Hall–Kier alpha value is -2.47. The average molecular weight is 331 g/mol. The highest BCUT2D eigenvalue weighted by atomic mass is 32.2. The molecule has 6 heteroatoms. The van der Waals surface area contributed by atoms with Gasteiger partial charge in [-0.05, 0) is 19.1 Å². The summed E-state index contributed by atoms with van der Waals surface area (Å²) in [4.78, 5) is 23.8. The number of benzene rings is 2. The Bertz CT molecular complexity index is 796. The molecule has 0 aliphatic rings. The first-order chi connectivity index (χ1) is 10.9. The van der Waals surface area contributed by atoms with Crippen molar-refractivity contribution >= 4 is 27.2 Å². The number of anilines is 1. The van der Waals surface area contributed by atoms with Gasteiger partial charge in [-0.1, -0.05) is 48.0 Å². The molecule has 2 aromatic rings. The maximum absolute atomic E-state index is 12.0. The molecule has 0 atom stereocenters. The third-order valence-corrected chi connectivity index (χ3v) is 4.54. The molecule has 0 heterocycles. The minimum atomic E-state index is -3.82. The minimum absolute atomic E-state index is 0.315. The van der Waals surface area contributed by atoms with Crippen molar-refractivity contribution in [3.63, 3.8) is 0 Å². The molecule has 0 spiro atoms. The van der Waals surface area contributed by atoms with Crippen molar-refractivity contribution in [2.45, 2.75) is 6.92 Å². The van der Waals surface area contributed by atoms with E-state index < -0.39 is 33.0 Å². The Kier molecular flexibility index (Phi) is 5.28. The molecule has 5 nitrogen and oxygen atoms in total. The van der Waals surface area contributed by atoms with E-state index in [2.05, 4.69) is 5.32 Å². The van der Waals surface area contributed by atoms with Crippen molar-refractivity contribution < 1.29 is 18.0 Å². The number of rotatable bonds is 6. The lowest BCUT2D eigenvalue weighted by molar-refractivity contribution is -0.113. The van der Waals surface area contributed by atoms with Gasteiger partial charge < -0.3 is 5.32 Å². The molecule has 0 aliphatic carbocycles. The van der Waals surface area contributed by atoms with Gasteiger partial charge in [0, 0.05) is 11.3 Å². The lowest BCUT2D eigenvalue weighted by atomic mass is 10.2. The molecule has 0 saturated carbocycles. The summed E-state index contributed by atoms with van der Waals surface area (Å²) in [6.45, 7) is 1.91. The standard InChI is InChI=1S/C17H17NO4S/c1-13-7-9-15(10-8-13)18-17(20)12-23(21,22)11-16(19)14-5-3-2-4-6-14/h2-10H,11-12H2,1H3,(H,18,20). The van der Waals surface area contributed by atoms with Crippen molar-refractivity contribution in [3.8, 4) is 0 Å². The molecule has 0 fully saturated rings. The fourth-order valence-corrected chi connectivity index (χ4v) is 3.13. The molecule has 1 N–H and O–H groups in total. The number of carbonyl (C=O) groups excluding carboxylic acids is 2. The number of nitrogens with one attached hydrogen (secondary N) is 1. The third kappa shape index (κ3) is 5.34. The van der Waals surface area contributed by atoms with Gasteiger partial charge in [-0.15, -0.1) is 0 Å². The molecule has 2 rings (SSSR count). The summed E-state index contributed by atoms with van der Waals surface area (Å²) >= 11 is 0. The Labute approximate surface area is 135 Å². The van der Waals surface area contributed by atoms with Gasteiger partial charge in [-0.2, -0.15) is 0 Å². The molecule has 23 heavy (non-hydrogen) atoms. The normalized spacial score (nSPS) is 11.0. The second-order valence-corrected chi connectivity index (χ2v) is 7.30. The van der Waals surface area contributed by atoms with Gasteiger partial charge in [-0.3, -0.25) is 9.59 Å². The summed E-state index contributed by atoms with van der Waals surface area (Å²) in [6, 6.07) is 15.1. The van der Waals surface area contributed by atoms with Gasteiger partial charge in [0.1, 0.15) is 11.5 Å². The smallest absolute Gasteiger partial charge is 0.239 e. The van der Waals surface area contributed by atoms with Crippen LogP contribution in [0.4, 0.5) is 5.69 Å². The zero-order valence-corrected chi connectivity index (χ0v) is 13.5. The van der Waals surface area contributed by atoms with E-state index in [9.17, 15) is 18.0 Å². The van der Waals surface area contributed by atoms with Crippen LogP contribution >= 0.6 is 0 Å². The van der Waals surface area contributed by atoms with Crippen molar-refractivity contribution in [1.82, 2.24) is 0 Å². The van der Waals surface area contributed by atoms with Crippen LogP contribution in [0.3, 0.4) is 0 Å². The van der Waals surface area contributed by atoms with Gasteiger partial charge >= 0.3 is 0 Å². The van der Waals surface area contributed by atoms with Crippen molar-refractivity contribution in [2.24, 2.45) is 0 Å². The highest BCUT2D eigenvalue weighted by molar-refractivity contribution is 7.92. The first-order valence-corrected chi connectivity index (χ1v) is 8.83. The molecule has 120 valence electrons. The van der Waals surface area contributed by atoms with E-state index in [0.29, 0.717) is 11.3 Å². The second kappa shape index (κ2) is 7.19. The molecule has 0 saturated heterocycles. The highest BCUT2D eigenvalue weighted by Crippen LogP contribution is 2.09. The fourth-order valence-electron chi connectivity index (χ4n) is 1.99. The number of hydrogen-bond acceptors (Lipinski definition) is 4.